The van der Waals surface area contributed by atoms with E-state index in [4.69, 9.17) is 0 Å². The molecule has 1 aromatic heterocycles. The second kappa shape index (κ2) is 8.98. The number of fused-ring (bicyclic) bond motifs is 2. The first kappa shape index (κ1) is 24.0. The van der Waals surface area contributed by atoms with Crippen LogP contribution in [0.25, 0.3) is 27.9 Å². The lowest BCUT2D eigenvalue weighted by Gasteiger charge is -2.13. The van der Waals surface area contributed by atoms with Gasteiger partial charge in [0.15, 0.2) is 0 Å². The number of anilines is 1. The maximum atomic E-state index is 15.3. The molecule has 2 N–H and O–H groups in total. The monoisotopic (exact) mass is 530 g/mol. The lowest BCUT2D eigenvalue weighted by Crippen LogP contribution is -2.21. The molecule has 1 amide bonds. The third-order valence-corrected chi connectivity index (χ3v) is 7.99. The van der Waals surface area contributed by atoms with Crippen molar-refractivity contribution in [2.75, 3.05) is 5.32 Å². The van der Waals surface area contributed by atoms with Crippen LogP contribution in [0.4, 0.5) is 10.1 Å². The third kappa shape index (κ3) is 3.88. The number of carboxylic acid groups (broad SMARTS) is 1. The largest absolute Gasteiger partial charge is 0.481 e. The van der Waals surface area contributed by atoms with E-state index in [0.717, 1.165) is 33.5 Å². The van der Waals surface area contributed by atoms with Crippen molar-refractivity contribution < 1.29 is 19.1 Å². The summed E-state index contributed by atoms with van der Waals surface area (Å²) in [5.74, 6) is -1.54. The van der Waals surface area contributed by atoms with Crippen molar-refractivity contribution in [2.24, 2.45) is 0 Å². The molecule has 1 aliphatic heterocycles. The summed E-state index contributed by atoms with van der Waals surface area (Å²) in [6.07, 6.45) is 3.93. The number of aromatic nitrogens is 3. The molecule has 8 heteroatoms. The van der Waals surface area contributed by atoms with Gasteiger partial charge < -0.3 is 10.4 Å². The summed E-state index contributed by atoms with van der Waals surface area (Å²) in [5, 5.41) is 19.9. The number of nitrogens with zero attached hydrogens (tertiary/aromatic N) is 3. The Labute approximate surface area is 228 Å². The number of carbonyl (C=O) groups is 2. The highest BCUT2D eigenvalue weighted by Crippen LogP contribution is 2.65. The minimum absolute atomic E-state index is 0.0757. The molecule has 196 valence electrons. The SMILES string of the molecule is O=C(O)Cc1cccc(C2CC23C(=O)Nc2cc(F)c(-c4ccc(-c5ccc(-n6ccnn6)cc5)cc4)cc23)c1. The van der Waals surface area contributed by atoms with E-state index in [0.29, 0.717) is 23.2 Å². The Kier molecular flexibility index (Phi) is 5.38. The highest BCUT2D eigenvalue weighted by molar-refractivity contribution is 6.10. The topological polar surface area (TPSA) is 97.1 Å². The van der Waals surface area contributed by atoms with Crippen LogP contribution in [0.1, 0.15) is 29.0 Å². The summed E-state index contributed by atoms with van der Waals surface area (Å²) in [7, 11) is 0. The first-order chi connectivity index (χ1) is 19.4. The molecule has 1 aliphatic carbocycles. The maximum Gasteiger partial charge on any atom is 0.307 e. The third-order valence-electron chi connectivity index (χ3n) is 7.99. The molecule has 2 aliphatic rings. The van der Waals surface area contributed by atoms with E-state index in [1.165, 1.54) is 6.07 Å². The zero-order chi connectivity index (χ0) is 27.4. The van der Waals surface area contributed by atoms with E-state index in [9.17, 15) is 14.7 Å². The molecule has 0 saturated heterocycles. The van der Waals surface area contributed by atoms with Crippen molar-refractivity contribution in [3.05, 3.63) is 120 Å². The quantitative estimate of drug-likeness (QED) is 0.292. The van der Waals surface area contributed by atoms with Gasteiger partial charge in [-0.1, -0.05) is 65.9 Å². The second-order valence-electron chi connectivity index (χ2n) is 10.3. The average Bonchev–Trinajstić information content (AvgIpc) is 3.34. The molecule has 1 fully saturated rings. The van der Waals surface area contributed by atoms with E-state index in [2.05, 4.69) is 15.6 Å². The van der Waals surface area contributed by atoms with Gasteiger partial charge in [0.2, 0.25) is 5.91 Å². The van der Waals surface area contributed by atoms with Crippen molar-refractivity contribution in [2.45, 2.75) is 24.2 Å². The molecule has 4 aromatic carbocycles. The van der Waals surface area contributed by atoms with Gasteiger partial charge in [0.1, 0.15) is 5.82 Å². The number of carbonyl (C=O) groups excluding carboxylic acids is 1. The Hall–Kier alpha value is -5.11. The van der Waals surface area contributed by atoms with Gasteiger partial charge in [-0.25, -0.2) is 9.07 Å². The number of amides is 1. The summed E-state index contributed by atoms with van der Waals surface area (Å²) in [5.41, 5.74) is 6.21. The van der Waals surface area contributed by atoms with E-state index >= 15 is 4.39 Å². The van der Waals surface area contributed by atoms with Gasteiger partial charge in [0.05, 0.1) is 29.9 Å². The van der Waals surface area contributed by atoms with Gasteiger partial charge in [0, 0.05) is 17.2 Å². The Morgan fingerprint density at radius 3 is 2.42 bits per heavy atom. The summed E-state index contributed by atoms with van der Waals surface area (Å²) >= 11 is 0. The lowest BCUT2D eigenvalue weighted by molar-refractivity contribution is -0.136. The van der Waals surface area contributed by atoms with E-state index < -0.39 is 17.2 Å². The fourth-order valence-corrected chi connectivity index (χ4v) is 5.93. The molecule has 2 atom stereocenters. The molecule has 7 nitrogen and oxygen atoms in total. The molecule has 0 radical (unpaired) electrons. The number of carboxylic acids is 1. The zero-order valence-corrected chi connectivity index (χ0v) is 21.2. The van der Waals surface area contributed by atoms with E-state index in [1.54, 1.807) is 29.2 Å². The summed E-state index contributed by atoms with van der Waals surface area (Å²) in [4.78, 5) is 24.4. The Morgan fingerprint density at radius 1 is 1.00 bits per heavy atom. The molecule has 40 heavy (non-hydrogen) atoms. The fraction of sp³-hybridized carbons (Fsp3) is 0.125. The van der Waals surface area contributed by atoms with Crippen molar-refractivity contribution in [3.8, 4) is 27.9 Å². The van der Waals surface area contributed by atoms with Crippen LogP contribution in [0.2, 0.25) is 0 Å². The predicted molar refractivity (Wildman–Crippen MR) is 148 cm³/mol. The first-order valence-corrected chi connectivity index (χ1v) is 13.0. The van der Waals surface area contributed by atoms with Crippen LogP contribution in [0.15, 0.2) is 97.3 Å². The predicted octanol–water partition coefficient (Wildman–Crippen LogP) is 5.74. The second-order valence-corrected chi connectivity index (χ2v) is 10.3. The number of halogens is 1. The number of hydrogen-bond donors (Lipinski definition) is 2. The summed E-state index contributed by atoms with van der Waals surface area (Å²) < 4.78 is 17.0. The van der Waals surface area contributed by atoms with Crippen molar-refractivity contribution in [3.63, 3.8) is 0 Å². The smallest absolute Gasteiger partial charge is 0.307 e. The van der Waals surface area contributed by atoms with Crippen LogP contribution in [0.3, 0.4) is 0 Å². The van der Waals surface area contributed by atoms with Gasteiger partial charge in [0.25, 0.3) is 0 Å². The molecule has 5 aromatic rings. The first-order valence-electron chi connectivity index (χ1n) is 13.0. The lowest BCUT2D eigenvalue weighted by atomic mass is 9.89. The summed E-state index contributed by atoms with van der Waals surface area (Å²) in [6.45, 7) is 0. The normalized spacial score (nSPS) is 18.9. The minimum atomic E-state index is -0.901. The zero-order valence-electron chi connectivity index (χ0n) is 21.2. The van der Waals surface area contributed by atoms with Crippen molar-refractivity contribution >= 4 is 17.6 Å². The van der Waals surface area contributed by atoms with Crippen molar-refractivity contribution in [1.29, 1.82) is 0 Å². The standard InChI is InChI=1S/C32H23FN4O3/c33-28-17-29-26(32(31(40)35-29)18-27(32)23-3-1-2-19(14-23)15-30(38)39)16-25(28)22-6-4-20(5-7-22)21-8-10-24(11-9-21)37-13-12-34-36-37/h1-14,16-17,27H,15,18H2,(H,35,40)(H,38,39). The highest BCUT2D eigenvalue weighted by atomic mass is 19.1. The van der Waals surface area contributed by atoms with Crippen LogP contribution >= 0.6 is 0 Å². The van der Waals surface area contributed by atoms with Gasteiger partial charge in [-0.15, -0.1) is 5.10 Å². The van der Waals surface area contributed by atoms with Gasteiger partial charge >= 0.3 is 5.97 Å². The molecule has 7 rings (SSSR count). The summed E-state index contributed by atoms with van der Waals surface area (Å²) in [6, 6.07) is 26.2. The van der Waals surface area contributed by atoms with E-state index in [-0.39, 0.29) is 18.2 Å². The molecule has 1 spiro atoms. The number of aliphatic carboxylic acids is 1. The number of rotatable bonds is 6. The van der Waals surface area contributed by atoms with Crippen LogP contribution < -0.4 is 5.32 Å². The van der Waals surface area contributed by atoms with Crippen LogP contribution in [-0.2, 0) is 21.4 Å². The molecule has 2 heterocycles. The molecule has 2 unspecified atom stereocenters. The van der Waals surface area contributed by atoms with Crippen LogP contribution in [-0.4, -0.2) is 32.0 Å². The number of benzene rings is 4. The van der Waals surface area contributed by atoms with Crippen LogP contribution in [0, 0.1) is 5.82 Å². The molecular formula is C32H23FN4O3. The number of nitrogens with one attached hydrogen (secondary N) is 1. The fourth-order valence-electron chi connectivity index (χ4n) is 5.93. The minimum Gasteiger partial charge on any atom is -0.481 e. The Bertz CT molecular complexity index is 1780. The molecule has 0 bridgehead atoms. The van der Waals surface area contributed by atoms with Gasteiger partial charge in [-0.05, 0) is 64.1 Å². The molecule has 1 saturated carbocycles. The number of hydrogen-bond acceptors (Lipinski definition) is 4. The van der Waals surface area contributed by atoms with Crippen molar-refractivity contribution in [1.82, 2.24) is 15.0 Å². The maximum absolute atomic E-state index is 15.3. The average molecular weight is 531 g/mol. The van der Waals surface area contributed by atoms with Crippen LogP contribution in [0.5, 0.6) is 0 Å². The van der Waals surface area contributed by atoms with E-state index in [1.807, 2.05) is 66.7 Å². The highest BCUT2D eigenvalue weighted by Gasteiger charge is 2.65. The van der Waals surface area contributed by atoms with Gasteiger partial charge in [-0.3, -0.25) is 9.59 Å². The Balaban J connectivity index is 1.18. The van der Waals surface area contributed by atoms with Gasteiger partial charge in [-0.2, -0.15) is 0 Å². The Morgan fingerprint density at radius 2 is 1.73 bits per heavy atom. The molecular weight excluding hydrogens is 507 g/mol.